The lowest BCUT2D eigenvalue weighted by molar-refractivity contribution is -0.132. The van der Waals surface area contributed by atoms with Crippen molar-refractivity contribution in [3.8, 4) is 29.9 Å². The van der Waals surface area contributed by atoms with Crippen molar-refractivity contribution in [2.24, 2.45) is 0 Å². The van der Waals surface area contributed by atoms with Crippen molar-refractivity contribution in [3.05, 3.63) is 99.3 Å². The van der Waals surface area contributed by atoms with Crippen LogP contribution in [0.2, 0.25) is 0 Å². The molecule has 0 saturated heterocycles. The number of hydrogen-bond donors (Lipinski definition) is 1. The highest BCUT2D eigenvalue weighted by Crippen LogP contribution is 2.51. The predicted molar refractivity (Wildman–Crippen MR) is 264 cm³/mol. The average Bonchev–Trinajstić information content (AvgIpc) is 3.99. The topological polar surface area (TPSA) is 44.9 Å². The number of rotatable bonds is 25. The first-order valence-electron chi connectivity index (χ1n) is 22.8. The Balaban J connectivity index is 1.40. The van der Waals surface area contributed by atoms with Gasteiger partial charge in [0.05, 0.1) is 17.9 Å². The molecular weight excluding hydrogens is 813 g/mol. The van der Waals surface area contributed by atoms with E-state index in [1.165, 1.54) is 151 Å². The monoisotopic (exact) mass is 876 g/mol. The van der Waals surface area contributed by atoms with Gasteiger partial charge in [0.1, 0.15) is 0 Å². The van der Waals surface area contributed by atoms with Crippen LogP contribution in [0.15, 0.2) is 76.2 Å². The number of carbonyl (C=O) groups is 1. The third-order valence-electron chi connectivity index (χ3n) is 11.6. The van der Waals surface area contributed by atoms with E-state index in [9.17, 15) is 9.90 Å². The first-order chi connectivity index (χ1) is 29.4. The smallest absolute Gasteiger partial charge is 0.333 e. The number of hydrogen-bond acceptors (Lipinski definition) is 6. The second-order valence-electron chi connectivity index (χ2n) is 16.3. The molecule has 1 aliphatic heterocycles. The normalized spacial score (nSPS) is 12.4. The Morgan fingerprint density at radius 1 is 0.617 bits per heavy atom. The van der Waals surface area contributed by atoms with Gasteiger partial charge in [-0.3, -0.25) is 4.79 Å². The molecule has 0 aliphatic carbocycles. The van der Waals surface area contributed by atoms with E-state index in [4.69, 9.17) is 6.57 Å². The molecule has 0 unspecified atom stereocenters. The molecule has 2 aromatic carbocycles. The van der Waals surface area contributed by atoms with Gasteiger partial charge in [-0.1, -0.05) is 135 Å². The maximum Gasteiger partial charge on any atom is 0.333 e. The number of carboxylic acid groups (broad SMARTS) is 1. The molecule has 4 heterocycles. The Morgan fingerprint density at radius 2 is 1.15 bits per heavy atom. The Labute approximate surface area is 377 Å². The van der Waals surface area contributed by atoms with Crippen LogP contribution in [0.3, 0.4) is 0 Å². The molecule has 1 N–H and O–H groups in total. The van der Waals surface area contributed by atoms with E-state index >= 15 is 0 Å². The van der Waals surface area contributed by atoms with Crippen LogP contribution in [0.4, 0.5) is 11.4 Å². The van der Waals surface area contributed by atoms with E-state index in [1.54, 1.807) is 17.4 Å². The molecule has 1 aliphatic rings. The lowest BCUT2D eigenvalue weighted by Gasteiger charge is -2.33. The summed E-state index contributed by atoms with van der Waals surface area (Å²) in [4.78, 5) is 28.1. The second-order valence-corrected chi connectivity index (χ2v) is 20.5. The molecule has 318 valence electrons. The molecule has 0 bridgehead atoms. The summed E-state index contributed by atoms with van der Waals surface area (Å²) >= 11 is 7.46. The summed E-state index contributed by atoms with van der Waals surface area (Å²) in [6.07, 6.45) is 24.0. The maximum absolute atomic E-state index is 12.0. The fourth-order valence-electron chi connectivity index (χ4n) is 8.19. The van der Waals surface area contributed by atoms with Gasteiger partial charge >= 0.3 is 5.97 Å². The van der Waals surface area contributed by atoms with Crippen molar-refractivity contribution in [2.45, 2.75) is 159 Å². The SMILES string of the molecule is [C-]#[N+]/C(=C\c1sc(-c2sc(-c3sc(-c4ccc5c(c4)Sc4ccccc4N5CCCCCC)cc3CCCCCC)cc2CCCCCC)cc1CCCCCC)C(=O)O. The lowest BCUT2D eigenvalue weighted by atomic mass is 10.0. The molecule has 5 aromatic rings. The molecule has 0 radical (unpaired) electrons. The van der Waals surface area contributed by atoms with Crippen LogP contribution in [0.25, 0.3) is 40.9 Å². The number of thiophene rings is 3. The number of fused-ring (bicyclic) bond motifs is 2. The van der Waals surface area contributed by atoms with E-state index in [2.05, 4.69) is 98.1 Å². The summed E-state index contributed by atoms with van der Waals surface area (Å²) in [7, 11) is 0. The van der Waals surface area contributed by atoms with Gasteiger partial charge in [0.15, 0.2) is 0 Å². The highest BCUT2D eigenvalue weighted by Gasteiger charge is 2.25. The maximum atomic E-state index is 12.0. The minimum Gasteiger partial charge on any atom is -0.486 e. The molecule has 4 nitrogen and oxygen atoms in total. The van der Waals surface area contributed by atoms with Crippen LogP contribution in [0.1, 0.15) is 152 Å². The van der Waals surface area contributed by atoms with Crippen molar-refractivity contribution >= 4 is 69.2 Å². The van der Waals surface area contributed by atoms with E-state index in [-0.39, 0.29) is 5.70 Å². The highest BCUT2D eigenvalue weighted by molar-refractivity contribution is 7.99. The van der Waals surface area contributed by atoms with Crippen LogP contribution in [0, 0.1) is 6.57 Å². The Kier molecular flexibility index (Phi) is 18.0. The fraction of sp³-hybridized carbons (Fsp3) is 0.462. The first kappa shape index (κ1) is 45.9. The third kappa shape index (κ3) is 11.8. The lowest BCUT2D eigenvalue weighted by Crippen LogP contribution is -2.21. The minimum atomic E-state index is -1.16. The first-order valence-corrected chi connectivity index (χ1v) is 26.1. The number of anilines is 2. The zero-order valence-corrected chi connectivity index (χ0v) is 39.6. The highest BCUT2D eigenvalue weighted by atomic mass is 32.2. The number of aliphatic carboxylic acids is 1. The quantitative estimate of drug-likeness (QED) is 0.0360. The summed E-state index contributed by atoms with van der Waals surface area (Å²) in [5, 5.41) is 9.79. The van der Waals surface area contributed by atoms with Gasteiger partial charge < -0.3 is 10.0 Å². The molecular formula is C52H64N2O2S4. The Morgan fingerprint density at radius 3 is 1.77 bits per heavy atom. The molecule has 0 spiro atoms. The Hall–Kier alpha value is -3.61. The van der Waals surface area contributed by atoms with Gasteiger partial charge in [-0.25, -0.2) is 4.85 Å². The van der Waals surface area contributed by atoms with Gasteiger partial charge in [0, 0.05) is 45.6 Å². The zero-order chi connectivity index (χ0) is 42.3. The van der Waals surface area contributed by atoms with Crippen molar-refractivity contribution in [1.29, 1.82) is 0 Å². The van der Waals surface area contributed by atoms with E-state index in [1.807, 2.05) is 34.4 Å². The van der Waals surface area contributed by atoms with Crippen molar-refractivity contribution in [2.75, 3.05) is 11.4 Å². The molecule has 3 aromatic heterocycles. The molecule has 0 atom stereocenters. The predicted octanol–water partition coefficient (Wildman–Crippen LogP) is 17.8. The summed E-state index contributed by atoms with van der Waals surface area (Å²) in [6.45, 7) is 17.7. The number of aryl methyl sites for hydroxylation is 3. The average molecular weight is 877 g/mol. The van der Waals surface area contributed by atoms with Crippen molar-refractivity contribution < 1.29 is 9.90 Å². The number of para-hydroxylation sites is 1. The Bertz CT molecular complexity index is 2230. The van der Waals surface area contributed by atoms with Gasteiger partial charge in [-0.15, -0.1) is 34.0 Å². The van der Waals surface area contributed by atoms with E-state index in [0.717, 1.165) is 49.9 Å². The molecule has 0 fully saturated rings. The summed E-state index contributed by atoms with van der Waals surface area (Å²) in [5.74, 6) is -1.16. The summed E-state index contributed by atoms with van der Waals surface area (Å²) < 4.78 is 0. The van der Waals surface area contributed by atoms with Gasteiger partial charge in [0.2, 0.25) is 0 Å². The largest absolute Gasteiger partial charge is 0.486 e. The second kappa shape index (κ2) is 23.6. The molecule has 0 saturated carbocycles. The van der Waals surface area contributed by atoms with Crippen LogP contribution < -0.4 is 4.90 Å². The molecule has 6 rings (SSSR count). The van der Waals surface area contributed by atoms with Crippen LogP contribution in [-0.4, -0.2) is 17.6 Å². The number of nitrogens with zero attached hydrogens (tertiary/aromatic N) is 2. The van der Waals surface area contributed by atoms with Gasteiger partial charge in [0.25, 0.3) is 5.70 Å². The summed E-state index contributed by atoms with van der Waals surface area (Å²) in [5.41, 5.74) is 7.77. The molecule has 8 heteroatoms. The van der Waals surface area contributed by atoms with Gasteiger partial charge in [-0.05, 0) is 116 Å². The molecule has 0 amide bonds. The fourth-order valence-corrected chi connectivity index (χ4v) is 13.2. The third-order valence-corrected chi connectivity index (χ3v) is 16.6. The zero-order valence-electron chi connectivity index (χ0n) is 36.4. The van der Waals surface area contributed by atoms with Crippen LogP contribution in [-0.2, 0) is 24.1 Å². The van der Waals surface area contributed by atoms with Crippen molar-refractivity contribution in [3.63, 3.8) is 0 Å². The standard InChI is InChI=1S/C52H64N2O2S4/c1-6-10-14-18-24-37-33-48(58-46(37)36-41(53-5)52(55)56)50-40(26-20-16-12-8-3)35-49(60-50)51-39(25-19-15-11-7-2)34-45(59-51)38-29-30-43-47(32-38)57-44-28-22-21-27-42(44)54(43)31-23-17-13-9-4/h21-22,27-30,32-36H,6-20,23-26,31H2,1-4H3,(H,55,56)/b41-36-. The number of carboxylic acids is 1. The van der Waals surface area contributed by atoms with Crippen LogP contribution in [0.5, 0.6) is 0 Å². The van der Waals surface area contributed by atoms with E-state index in [0.29, 0.717) is 0 Å². The van der Waals surface area contributed by atoms with Gasteiger partial charge in [-0.2, -0.15) is 0 Å². The van der Waals surface area contributed by atoms with Crippen LogP contribution >= 0.6 is 45.8 Å². The summed E-state index contributed by atoms with van der Waals surface area (Å²) in [6, 6.07) is 23.4. The molecule has 60 heavy (non-hydrogen) atoms. The number of unbranched alkanes of at least 4 members (excludes halogenated alkanes) is 12. The van der Waals surface area contributed by atoms with E-state index < -0.39 is 5.97 Å². The van der Waals surface area contributed by atoms with Crippen molar-refractivity contribution in [1.82, 2.24) is 0 Å². The minimum absolute atomic E-state index is 0.215. The number of benzene rings is 2.